The van der Waals surface area contributed by atoms with Gasteiger partial charge in [0.1, 0.15) is 12.3 Å². The number of carbonyl (C=O) groups is 2. The Kier molecular flexibility index (Phi) is 7.05. The van der Waals surface area contributed by atoms with Gasteiger partial charge in [-0.1, -0.05) is 67.6 Å². The fourth-order valence-electron chi connectivity index (χ4n) is 4.08. The van der Waals surface area contributed by atoms with Crippen LogP contribution in [0.2, 0.25) is 0 Å². The molecule has 1 aliphatic carbocycles. The van der Waals surface area contributed by atoms with E-state index in [1.807, 2.05) is 84.6 Å². The molecule has 5 heteroatoms. The first-order valence-corrected chi connectivity index (χ1v) is 11.3. The van der Waals surface area contributed by atoms with Crippen LogP contribution in [0.3, 0.4) is 0 Å². The molecule has 1 aliphatic rings. The van der Waals surface area contributed by atoms with Crippen molar-refractivity contribution in [1.82, 2.24) is 9.80 Å². The Morgan fingerprint density at radius 1 is 0.938 bits per heavy atom. The molecule has 0 saturated heterocycles. The number of amides is 2. The minimum Gasteiger partial charge on any atom is -0.467 e. The van der Waals surface area contributed by atoms with Gasteiger partial charge in [-0.2, -0.15) is 0 Å². The SMILES string of the molecule is CCC(C(=O)N(CC(=O)N(Cc1ccccc1)Cc1ccco1)C1CC1)c1ccccc1. The summed E-state index contributed by atoms with van der Waals surface area (Å²) in [7, 11) is 0. The quantitative estimate of drug-likeness (QED) is 0.455. The second kappa shape index (κ2) is 10.3. The molecule has 2 amide bonds. The minimum absolute atomic E-state index is 0.0483. The van der Waals surface area contributed by atoms with Gasteiger partial charge in [-0.15, -0.1) is 0 Å². The molecule has 1 heterocycles. The number of furan rings is 1. The van der Waals surface area contributed by atoms with E-state index in [-0.39, 0.29) is 30.3 Å². The standard InChI is InChI=1S/C27H30N2O3/c1-2-25(22-12-7-4-8-13-22)27(31)29(23-15-16-23)20-26(30)28(19-24-14-9-17-32-24)18-21-10-5-3-6-11-21/h3-14,17,23,25H,2,15-16,18-20H2,1H3. The summed E-state index contributed by atoms with van der Waals surface area (Å²) in [5.74, 6) is 0.493. The molecule has 166 valence electrons. The van der Waals surface area contributed by atoms with Crippen LogP contribution in [-0.2, 0) is 22.7 Å². The van der Waals surface area contributed by atoms with Gasteiger partial charge in [0.25, 0.3) is 0 Å². The van der Waals surface area contributed by atoms with Crippen molar-refractivity contribution in [2.45, 2.75) is 51.2 Å². The highest BCUT2D eigenvalue weighted by Gasteiger charge is 2.37. The predicted molar refractivity (Wildman–Crippen MR) is 124 cm³/mol. The van der Waals surface area contributed by atoms with E-state index >= 15 is 0 Å². The average Bonchev–Trinajstić information content (AvgIpc) is 3.54. The van der Waals surface area contributed by atoms with E-state index in [2.05, 4.69) is 0 Å². The molecule has 0 radical (unpaired) electrons. The molecule has 2 aromatic carbocycles. The first kappa shape index (κ1) is 21.9. The van der Waals surface area contributed by atoms with Crippen molar-refractivity contribution in [3.8, 4) is 0 Å². The Bertz CT molecular complexity index is 998. The average molecular weight is 431 g/mol. The van der Waals surface area contributed by atoms with Crippen molar-refractivity contribution >= 4 is 11.8 Å². The normalized spacial score (nSPS) is 14.0. The molecule has 1 fully saturated rings. The second-order valence-corrected chi connectivity index (χ2v) is 8.38. The van der Waals surface area contributed by atoms with Gasteiger partial charge in [-0.25, -0.2) is 0 Å². The first-order chi connectivity index (χ1) is 15.7. The Balaban J connectivity index is 1.52. The maximum atomic E-state index is 13.5. The van der Waals surface area contributed by atoms with E-state index in [9.17, 15) is 9.59 Å². The molecule has 0 aliphatic heterocycles. The van der Waals surface area contributed by atoms with Gasteiger partial charge in [-0.3, -0.25) is 9.59 Å². The fraction of sp³-hybridized carbons (Fsp3) is 0.333. The van der Waals surface area contributed by atoms with Gasteiger partial charge >= 0.3 is 0 Å². The second-order valence-electron chi connectivity index (χ2n) is 8.38. The van der Waals surface area contributed by atoms with Crippen LogP contribution in [0.1, 0.15) is 49.0 Å². The number of hydrogen-bond acceptors (Lipinski definition) is 3. The first-order valence-electron chi connectivity index (χ1n) is 11.3. The van der Waals surface area contributed by atoms with Gasteiger partial charge in [0.2, 0.25) is 11.8 Å². The van der Waals surface area contributed by atoms with Crippen molar-refractivity contribution in [1.29, 1.82) is 0 Å². The van der Waals surface area contributed by atoms with Crippen molar-refractivity contribution in [2.75, 3.05) is 6.54 Å². The summed E-state index contributed by atoms with van der Waals surface area (Å²) in [4.78, 5) is 30.6. The molecule has 0 bridgehead atoms. The lowest BCUT2D eigenvalue weighted by Gasteiger charge is -2.30. The van der Waals surface area contributed by atoms with Gasteiger partial charge in [0.15, 0.2) is 0 Å². The lowest BCUT2D eigenvalue weighted by molar-refractivity contribution is -0.142. The maximum Gasteiger partial charge on any atom is 0.242 e. The number of rotatable bonds is 10. The summed E-state index contributed by atoms with van der Waals surface area (Å²) in [5.41, 5.74) is 2.06. The third-order valence-corrected chi connectivity index (χ3v) is 5.98. The number of benzene rings is 2. The largest absolute Gasteiger partial charge is 0.467 e. The van der Waals surface area contributed by atoms with Gasteiger partial charge < -0.3 is 14.2 Å². The van der Waals surface area contributed by atoms with Crippen molar-refractivity contribution in [3.05, 3.63) is 95.9 Å². The number of nitrogens with zero attached hydrogens (tertiary/aromatic N) is 2. The summed E-state index contributed by atoms with van der Waals surface area (Å²) in [6.45, 7) is 2.98. The Hall–Kier alpha value is -3.34. The van der Waals surface area contributed by atoms with Gasteiger partial charge in [0.05, 0.1) is 18.7 Å². The molecule has 1 atom stereocenters. The Labute approximate surface area is 189 Å². The van der Waals surface area contributed by atoms with Crippen LogP contribution in [0, 0.1) is 0 Å². The highest BCUT2D eigenvalue weighted by molar-refractivity contribution is 5.89. The predicted octanol–water partition coefficient (Wildman–Crippen LogP) is 4.99. The molecule has 4 rings (SSSR count). The van der Waals surface area contributed by atoms with Gasteiger partial charge in [-0.05, 0) is 42.5 Å². The molecular formula is C27H30N2O3. The molecule has 1 aromatic heterocycles. The van der Waals surface area contributed by atoms with Crippen molar-refractivity contribution in [3.63, 3.8) is 0 Å². The third-order valence-electron chi connectivity index (χ3n) is 5.98. The van der Waals surface area contributed by atoms with E-state index in [0.717, 1.165) is 29.7 Å². The van der Waals surface area contributed by atoms with E-state index in [0.29, 0.717) is 19.5 Å². The summed E-state index contributed by atoms with van der Waals surface area (Å²) >= 11 is 0. The summed E-state index contributed by atoms with van der Waals surface area (Å²) in [6, 6.07) is 23.6. The van der Waals surface area contributed by atoms with Crippen LogP contribution in [-0.4, -0.2) is 34.2 Å². The van der Waals surface area contributed by atoms with Crippen LogP contribution in [0.25, 0.3) is 0 Å². The smallest absolute Gasteiger partial charge is 0.242 e. The number of carbonyl (C=O) groups excluding carboxylic acids is 2. The topological polar surface area (TPSA) is 53.8 Å². The lowest BCUT2D eigenvalue weighted by Crippen LogP contribution is -2.45. The molecule has 32 heavy (non-hydrogen) atoms. The monoisotopic (exact) mass is 430 g/mol. The summed E-state index contributed by atoms with van der Waals surface area (Å²) in [5, 5.41) is 0. The minimum atomic E-state index is -0.225. The Morgan fingerprint density at radius 2 is 1.62 bits per heavy atom. The van der Waals surface area contributed by atoms with Gasteiger partial charge in [0, 0.05) is 12.6 Å². The molecule has 1 saturated carbocycles. The zero-order valence-corrected chi connectivity index (χ0v) is 18.5. The van der Waals surface area contributed by atoms with Crippen molar-refractivity contribution < 1.29 is 14.0 Å². The molecule has 0 N–H and O–H groups in total. The van der Waals surface area contributed by atoms with Crippen LogP contribution in [0.15, 0.2) is 83.5 Å². The highest BCUT2D eigenvalue weighted by Crippen LogP contribution is 2.31. The zero-order valence-electron chi connectivity index (χ0n) is 18.5. The maximum absolute atomic E-state index is 13.5. The van der Waals surface area contributed by atoms with Crippen LogP contribution in [0.4, 0.5) is 0 Å². The third kappa shape index (κ3) is 5.47. The zero-order chi connectivity index (χ0) is 22.3. The van der Waals surface area contributed by atoms with E-state index in [1.54, 1.807) is 11.2 Å². The molecule has 0 spiro atoms. The molecule has 3 aromatic rings. The molecule has 1 unspecified atom stereocenters. The summed E-state index contributed by atoms with van der Waals surface area (Å²) < 4.78 is 5.50. The number of hydrogen-bond donors (Lipinski definition) is 0. The van der Waals surface area contributed by atoms with Crippen LogP contribution >= 0.6 is 0 Å². The van der Waals surface area contributed by atoms with E-state index in [4.69, 9.17) is 4.42 Å². The van der Waals surface area contributed by atoms with Crippen LogP contribution in [0.5, 0.6) is 0 Å². The van der Waals surface area contributed by atoms with Crippen molar-refractivity contribution in [2.24, 2.45) is 0 Å². The lowest BCUT2D eigenvalue weighted by atomic mass is 9.95. The molecular weight excluding hydrogens is 400 g/mol. The Morgan fingerprint density at radius 3 is 2.22 bits per heavy atom. The van der Waals surface area contributed by atoms with E-state index in [1.165, 1.54) is 0 Å². The van der Waals surface area contributed by atoms with E-state index < -0.39 is 0 Å². The highest BCUT2D eigenvalue weighted by atomic mass is 16.3. The fourth-order valence-corrected chi connectivity index (χ4v) is 4.08. The van der Waals surface area contributed by atoms with Crippen LogP contribution < -0.4 is 0 Å². The molecule has 5 nitrogen and oxygen atoms in total. The summed E-state index contributed by atoms with van der Waals surface area (Å²) in [6.07, 6.45) is 4.24.